The molecule has 20 heavy (non-hydrogen) atoms. The molecule has 4 nitrogen and oxygen atoms in total. The maximum Gasteiger partial charge on any atom is 0.119 e. The van der Waals surface area contributed by atoms with Crippen molar-refractivity contribution >= 4 is 17.2 Å². The van der Waals surface area contributed by atoms with Gasteiger partial charge in [-0.15, -0.1) is 0 Å². The van der Waals surface area contributed by atoms with E-state index in [9.17, 15) is 0 Å². The minimum Gasteiger partial charge on any atom is -0.494 e. The van der Waals surface area contributed by atoms with E-state index >= 15 is 0 Å². The van der Waals surface area contributed by atoms with E-state index in [-0.39, 0.29) is 0 Å². The first-order valence-corrected chi connectivity index (χ1v) is 7.38. The lowest BCUT2D eigenvalue weighted by Crippen LogP contribution is -2.15. The molecule has 5 heteroatoms. The molecule has 1 unspecified atom stereocenters. The Morgan fingerprint density at radius 1 is 1.30 bits per heavy atom. The van der Waals surface area contributed by atoms with Gasteiger partial charge in [-0.1, -0.05) is 12.2 Å². The summed E-state index contributed by atoms with van der Waals surface area (Å²) in [5, 5.41) is 0. The molecule has 1 aliphatic heterocycles. The van der Waals surface area contributed by atoms with Gasteiger partial charge in [-0.3, -0.25) is 0 Å². The summed E-state index contributed by atoms with van der Waals surface area (Å²) < 4.78 is 16.7. The van der Waals surface area contributed by atoms with Crippen LogP contribution in [0.15, 0.2) is 24.3 Å². The normalized spacial score (nSPS) is 18.1. The Kier molecular flexibility index (Phi) is 6.24. The molecule has 1 fully saturated rings. The van der Waals surface area contributed by atoms with Gasteiger partial charge in [-0.25, -0.2) is 0 Å². The zero-order chi connectivity index (χ0) is 14.2. The van der Waals surface area contributed by atoms with E-state index < -0.39 is 0 Å². The lowest BCUT2D eigenvalue weighted by molar-refractivity contribution is 0.0141. The van der Waals surface area contributed by atoms with Crippen molar-refractivity contribution in [1.82, 2.24) is 0 Å². The van der Waals surface area contributed by atoms with E-state index in [4.69, 9.17) is 32.2 Å². The number of nitrogens with two attached hydrogens (primary N) is 1. The third-order valence-electron chi connectivity index (χ3n) is 3.17. The van der Waals surface area contributed by atoms with Gasteiger partial charge in [0.2, 0.25) is 0 Å². The first-order valence-electron chi connectivity index (χ1n) is 6.98. The molecule has 0 aromatic heterocycles. The van der Waals surface area contributed by atoms with Crippen molar-refractivity contribution in [3.63, 3.8) is 0 Å². The summed E-state index contributed by atoms with van der Waals surface area (Å²) >= 11 is 4.90. The molecule has 0 saturated carbocycles. The van der Waals surface area contributed by atoms with E-state index in [0.717, 1.165) is 37.2 Å². The summed E-state index contributed by atoms with van der Waals surface area (Å²) in [5.74, 6) is 0.823. The Labute approximate surface area is 125 Å². The van der Waals surface area contributed by atoms with Gasteiger partial charge in [0.1, 0.15) is 10.7 Å². The van der Waals surface area contributed by atoms with Gasteiger partial charge < -0.3 is 19.9 Å². The highest BCUT2D eigenvalue weighted by Gasteiger charge is 2.14. The Morgan fingerprint density at radius 3 is 2.75 bits per heavy atom. The van der Waals surface area contributed by atoms with Crippen LogP contribution in [0, 0.1) is 0 Å². The summed E-state index contributed by atoms with van der Waals surface area (Å²) in [4.78, 5) is 0.402. The van der Waals surface area contributed by atoms with Crippen LogP contribution in [0.3, 0.4) is 0 Å². The van der Waals surface area contributed by atoms with E-state index in [1.165, 1.54) is 0 Å². The minimum absolute atomic E-state index is 0.295. The molecule has 2 rings (SSSR count). The highest BCUT2D eigenvalue weighted by atomic mass is 32.1. The van der Waals surface area contributed by atoms with Crippen LogP contribution in [0.5, 0.6) is 5.75 Å². The van der Waals surface area contributed by atoms with Crippen LogP contribution in [-0.2, 0) is 9.47 Å². The van der Waals surface area contributed by atoms with Crippen molar-refractivity contribution in [2.75, 3.05) is 26.4 Å². The first-order chi connectivity index (χ1) is 9.75. The second-order valence-electron chi connectivity index (χ2n) is 4.80. The minimum atomic E-state index is 0.295. The van der Waals surface area contributed by atoms with Crippen LogP contribution in [0.2, 0.25) is 0 Å². The highest BCUT2D eigenvalue weighted by Crippen LogP contribution is 2.13. The fourth-order valence-electron chi connectivity index (χ4n) is 2.06. The standard InChI is InChI=1S/C15H21NO3S/c16-15(20)12-4-6-13(7-5-12)18-10-2-8-17-11-14-3-1-9-19-14/h4-7,14H,1-3,8-11H2,(H2,16,20). The van der Waals surface area contributed by atoms with Crippen molar-refractivity contribution in [1.29, 1.82) is 0 Å². The third kappa shape index (κ3) is 5.07. The average Bonchev–Trinajstić information content (AvgIpc) is 2.96. The van der Waals surface area contributed by atoms with E-state index in [1.807, 2.05) is 24.3 Å². The molecule has 0 bridgehead atoms. The fourth-order valence-corrected chi connectivity index (χ4v) is 2.19. The molecular formula is C15H21NO3S. The van der Waals surface area contributed by atoms with Crippen molar-refractivity contribution in [3.05, 3.63) is 29.8 Å². The molecule has 0 radical (unpaired) electrons. The quantitative estimate of drug-likeness (QED) is 0.589. The Hall–Kier alpha value is -1.17. The molecule has 1 aromatic carbocycles. The molecule has 1 aromatic rings. The van der Waals surface area contributed by atoms with Gasteiger partial charge in [0, 0.05) is 25.2 Å². The molecule has 0 spiro atoms. The smallest absolute Gasteiger partial charge is 0.119 e. The summed E-state index contributed by atoms with van der Waals surface area (Å²) in [6, 6.07) is 7.49. The fraction of sp³-hybridized carbons (Fsp3) is 0.533. The summed E-state index contributed by atoms with van der Waals surface area (Å²) in [5.41, 5.74) is 6.39. The predicted octanol–water partition coefficient (Wildman–Crippen LogP) is 2.29. The molecule has 0 aliphatic carbocycles. The molecular weight excluding hydrogens is 274 g/mol. The van der Waals surface area contributed by atoms with Crippen molar-refractivity contribution in [2.45, 2.75) is 25.4 Å². The maximum absolute atomic E-state index is 5.62. The van der Waals surface area contributed by atoms with Gasteiger partial charge in [-0.05, 0) is 37.1 Å². The van der Waals surface area contributed by atoms with Crippen molar-refractivity contribution in [3.8, 4) is 5.75 Å². The van der Waals surface area contributed by atoms with Crippen LogP contribution in [0.25, 0.3) is 0 Å². The van der Waals surface area contributed by atoms with Crippen LogP contribution < -0.4 is 10.5 Å². The highest BCUT2D eigenvalue weighted by molar-refractivity contribution is 7.80. The second-order valence-corrected chi connectivity index (χ2v) is 5.24. The summed E-state index contributed by atoms with van der Waals surface area (Å²) in [7, 11) is 0. The Bertz CT molecular complexity index is 416. The lowest BCUT2D eigenvalue weighted by Gasteiger charge is -2.10. The number of hydrogen-bond acceptors (Lipinski definition) is 4. The van der Waals surface area contributed by atoms with E-state index in [2.05, 4.69) is 0 Å². The monoisotopic (exact) mass is 295 g/mol. The molecule has 110 valence electrons. The van der Waals surface area contributed by atoms with Crippen LogP contribution in [0.1, 0.15) is 24.8 Å². The SMILES string of the molecule is NC(=S)c1ccc(OCCCOCC2CCCO2)cc1. The number of hydrogen-bond donors (Lipinski definition) is 1. The van der Waals surface area contributed by atoms with Gasteiger partial charge in [0.15, 0.2) is 0 Å². The molecule has 1 heterocycles. The average molecular weight is 295 g/mol. The van der Waals surface area contributed by atoms with Crippen LogP contribution in [-0.4, -0.2) is 37.5 Å². The van der Waals surface area contributed by atoms with Crippen molar-refractivity contribution in [2.24, 2.45) is 5.73 Å². The van der Waals surface area contributed by atoms with Gasteiger partial charge in [0.05, 0.1) is 19.3 Å². The first kappa shape index (κ1) is 15.2. The Morgan fingerprint density at radius 2 is 2.10 bits per heavy atom. The number of rotatable bonds is 8. The summed E-state index contributed by atoms with van der Waals surface area (Å²) in [6.45, 7) is 2.91. The third-order valence-corrected chi connectivity index (χ3v) is 3.40. The van der Waals surface area contributed by atoms with E-state index in [1.54, 1.807) is 0 Å². The molecule has 1 atom stereocenters. The molecule has 1 saturated heterocycles. The summed E-state index contributed by atoms with van der Waals surface area (Å²) in [6.07, 6.45) is 3.43. The maximum atomic E-state index is 5.62. The number of benzene rings is 1. The number of thiocarbonyl (C=S) groups is 1. The molecule has 0 amide bonds. The molecule has 2 N–H and O–H groups in total. The number of ether oxygens (including phenoxy) is 3. The van der Waals surface area contributed by atoms with E-state index in [0.29, 0.717) is 30.9 Å². The van der Waals surface area contributed by atoms with Gasteiger partial charge >= 0.3 is 0 Å². The lowest BCUT2D eigenvalue weighted by atomic mass is 10.2. The van der Waals surface area contributed by atoms with Gasteiger partial charge in [-0.2, -0.15) is 0 Å². The topological polar surface area (TPSA) is 53.7 Å². The largest absolute Gasteiger partial charge is 0.494 e. The second kappa shape index (κ2) is 8.19. The van der Waals surface area contributed by atoms with Crippen LogP contribution in [0.4, 0.5) is 0 Å². The zero-order valence-electron chi connectivity index (χ0n) is 11.5. The predicted molar refractivity (Wildman–Crippen MR) is 82.2 cm³/mol. The zero-order valence-corrected chi connectivity index (χ0v) is 12.4. The molecule has 1 aliphatic rings. The van der Waals surface area contributed by atoms with Gasteiger partial charge in [0.25, 0.3) is 0 Å². The van der Waals surface area contributed by atoms with Crippen molar-refractivity contribution < 1.29 is 14.2 Å². The van der Waals surface area contributed by atoms with Crippen LogP contribution >= 0.6 is 12.2 Å². The Balaban J connectivity index is 1.55.